The highest BCUT2D eigenvalue weighted by Gasteiger charge is 2.24. The first-order chi connectivity index (χ1) is 10.2. The van der Waals surface area contributed by atoms with Gasteiger partial charge in [-0.05, 0) is 50.6 Å². The molecule has 3 nitrogen and oxygen atoms in total. The first-order valence-corrected chi connectivity index (χ1v) is 8.78. The Bertz CT molecular complexity index is 507. The number of rotatable bonds is 6. The van der Waals surface area contributed by atoms with Crippen LogP contribution in [0.2, 0.25) is 0 Å². The molecule has 21 heavy (non-hydrogen) atoms. The number of nitrogens with zero attached hydrogens (tertiary/aromatic N) is 2. The van der Waals surface area contributed by atoms with Crippen LogP contribution < -0.4 is 5.32 Å². The third kappa shape index (κ3) is 4.15. The molecule has 0 aromatic heterocycles. The minimum atomic E-state index is 0.633. The summed E-state index contributed by atoms with van der Waals surface area (Å²) in [5.41, 5.74) is 1.78. The average molecular weight is 303 g/mol. The molecule has 0 spiro atoms. The van der Waals surface area contributed by atoms with Gasteiger partial charge in [0.15, 0.2) is 0 Å². The molecule has 1 heterocycles. The molecule has 1 aliphatic rings. The van der Waals surface area contributed by atoms with Gasteiger partial charge in [0.1, 0.15) is 6.07 Å². The molecule has 1 aromatic rings. The molecule has 1 saturated heterocycles. The Kier molecular flexibility index (Phi) is 5.96. The molecule has 1 N–H and O–H groups in total. The summed E-state index contributed by atoms with van der Waals surface area (Å²) < 4.78 is 0. The maximum Gasteiger partial charge on any atom is 0.102 e. The van der Waals surface area contributed by atoms with E-state index in [-0.39, 0.29) is 0 Å². The second-order valence-electron chi connectivity index (χ2n) is 5.85. The predicted molar refractivity (Wildman–Crippen MR) is 90.9 cm³/mol. The molecule has 0 bridgehead atoms. The second kappa shape index (κ2) is 7.72. The van der Waals surface area contributed by atoms with Crippen LogP contribution in [0.1, 0.15) is 32.8 Å². The molecule has 0 aliphatic carbocycles. The van der Waals surface area contributed by atoms with Crippen LogP contribution in [0.3, 0.4) is 0 Å². The van der Waals surface area contributed by atoms with E-state index in [4.69, 9.17) is 0 Å². The lowest BCUT2D eigenvalue weighted by Gasteiger charge is -2.20. The van der Waals surface area contributed by atoms with Crippen molar-refractivity contribution >= 4 is 17.4 Å². The van der Waals surface area contributed by atoms with Crippen LogP contribution in [0.25, 0.3) is 0 Å². The largest absolute Gasteiger partial charge is 0.384 e. The Morgan fingerprint density at radius 1 is 1.48 bits per heavy atom. The summed E-state index contributed by atoms with van der Waals surface area (Å²) in [5, 5.41) is 12.9. The van der Waals surface area contributed by atoms with Gasteiger partial charge in [0.25, 0.3) is 0 Å². The van der Waals surface area contributed by atoms with E-state index < -0.39 is 0 Å². The van der Waals surface area contributed by atoms with Gasteiger partial charge in [-0.15, -0.1) is 11.8 Å². The number of anilines is 1. The minimum absolute atomic E-state index is 0.633. The summed E-state index contributed by atoms with van der Waals surface area (Å²) in [5.74, 6) is 1.67. The lowest BCUT2D eigenvalue weighted by atomic mass is 10.1. The van der Waals surface area contributed by atoms with Crippen molar-refractivity contribution in [3.8, 4) is 6.07 Å². The molecular weight excluding hydrogens is 278 g/mol. The lowest BCUT2D eigenvalue weighted by molar-refractivity contribution is 0.266. The fourth-order valence-corrected chi connectivity index (χ4v) is 3.61. The van der Waals surface area contributed by atoms with Gasteiger partial charge < -0.3 is 10.2 Å². The molecule has 1 aliphatic heterocycles. The first kappa shape index (κ1) is 16.2. The highest BCUT2D eigenvalue weighted by Crippen LogP contribution is 2.28. The van der Waals surface area contributed by atoms with Crippen LogP contribution >= 0.6 is 11.8 Å². The maximum atomic E-state index is 9.42. The number of benzene rings is 1. The first-order valence-electron chi connectivity index (χ1n) is 7.79. The van der Waals surface area contributed by atoms with Crippen LogP contribution in [-0.4, -0.2) is 36.3 Å². The van der Waals surface area contributed by atoms with Gasteiger partial charge in [-0.3, -0.25) is 0 Å². The number of nitrogens with one attached hydrogen (secondary N) is 1. The normalized spacial score (nSPS) is 18.9. The Hall–Kier alpha value is -1.18. The number of thioether (sulfide) groups is 1. The van der Waals surface area contributed by atoms with Gasteiger partial charge in [0, 0.05) is 24.0 Å². The van der Waals surface area contributed by atoms with Crippen LogP contribution in [0, 0.1) is 17.2 Å². The summed E-state index contributed by atoms with van der Waals surface area (Å²) in [4.78, 5) is 3.61. The standard InChI is InChI=1S/C17H25N3S/c1-4-21-17-7-5-6-16(15(17)10-18)19-11-14-8-9-20(12-14)13(2)3/h5-7,13-14,19H,4,8-9,11-12H2,1-3H3. The van der Waals surface area contributed by atoms with Gasteiger partial charge in [-0.25, -0.2) is 0 Å². The Morgan fingerprint density at radius 2 is 2.29 bits per heavy atom. The van der Waals surface area contributed by atoms with Gasteiger partial charge in [0.05, 0.1) is 11.3 Å². The average Bonchev–Trinajstić information content (AvgIpc) is 2.94. The molecule has 1 atom stereocenters. The van der Waals surface area contributed by atoms with Crippen molar-refractivity contribution in [2.75, 3.05) is 30.7 Å². The molecule has 1 aromatic carbocycles. The Balaban J connectivity index is 1.98. The number of nitriles is 1. The molecule has 1 unspecified atom stereocenters. The molecule has 2 rings (SSSR count). The van der Waals surface area contributed by atoms with Crippen LogP contribution in [-0.2, 0) is 0 Å². The maximum absolute atomic E-state index is 9.42. The van der Waals surface area contributed by atoms with Gasteiger partial charge >= 0.3 is 0 Å². The zero-order valence-corrected chi connectivity index (χ0v) is 14.0. The van der Waals surface area contributed by atoms with Crippen molar-refractivity contribution in [2.24, 2.45) is 5.92 Å². The van der Waals surface area contributed by atoms with E-state index in [2.05, 4.69) is 37.1 Å². The van der Waals surface area contributed by atoms with E-state index in [0.717, 1.165) is 35.0 Å². The van der Waals surface area contributed by atoms with Crippen LogP contribution in [0.5, 0.6) is 0 Å². The molecule has 0 amide bonds. The lowest BCUT2D eigenvalue weighted by Crippen LogP contribution is -2.29. The number of hydrogen-bond acceptors (Lipinski definition) is 4. The SMILES string of the molecule is CCSc1cccc(NCC2CCN(C(C)C)C2)c1C#N. The van der Waals surface area contributed by atoms with Gasteiger partial charge in [-0.1, -0.05) is 13.0 Å². The minimum Gasteiger partial charge on any atom is -0.384 e. The number of hydrogen-bond donors (Lipinski definition) is 1. The summed E-state index contributed by atoms with van der Waals surface area (Å²) in [6, 6.07) is 9.09. The quantitative estimate of drug-likeness (QED) is 0.811. The van der Waals surface area contributed by atoms with E-state index in [1.807, 2.05) is 18.2 Å². The zero-order chi connectivity index (χ0) is 15.2. The second-order valence-corrected chi connectivity index (χ2v) is 7.15. The fourth-order valence-electron chi connectivity index (χ4n) is 2.82. The van der Waals surface area contributed by atoms with Crippen LogP contribution in [0.4, 0.5) is 5.69 Å². The highest BCUT2D eigenvalue weighted by molar-refractivity contribution is 7.99. The molecule has 1 fully saturated rings. The third-order valence-corrected chi connectivity index (χ3v) is 5.01. The van der Waals surface area contributed by atoms with E-state index in [1.165, 1.54) is 13.0 Å². The smallest absolute Gasteiger partial charge is 0.102 e. The summed E-state index contributed by atoms with van der Waals surface area (Å²) in [6.07, 6.45) is 1.25. The Morgan fingerprint density at radius 3 is 2.90 bits per heavy atom. The van der Waals surface area contributed by atoms with E-state index in [0.29, 0.717) is 12.0 Å². The van der Waals surface area contributed by atoms with Crippen molar-refractivity contribution in [3.05, 3.63) is 23.8 Å². The van der Waals surface area contributed by atoms with E-state index in [9.17, 15) is 5.26 Å². The molecule has 114 valence electrons. The molecular formula is C17H25N3S. The monoisotopic (exact) mass is 303 g/mol. The molecule has 0 saturated carbocycles. The fraction of sp³-hybridized carbons (Fsp3) is 0.588. The molecule has 4 heteroatoms. The van der Waals surface area contributed by atoms with Crippen molar-refractivity contribution in [3.63, 3.8) is 0 Å². The summed E-state index contributed by atoms with van der Waals surface area (Å²) in [6.45, 7) is 9.95. The van der Waals surface area contributed by atoms with Crippen molar-refractivity contribution in [1.29, 1.82) is 5.26 Å². The van der Waals surface area contributed by atoms with Gasteiger partial charge in [0.2, 0.25) is 0 Å². The van der Waals surface area contributed by atoms with E-state index in [1.54, 1.807) is 11.8 Å². The third-order valence-electron chi connectivity index (χ3n) is 4.07. The predicted octanol–water partition coefficient (Wildman–Crippen LogP) is 3.81. The van der Waals surface area contributed by atoms with Crippen molar-refractivity contribution < 1.29 is 0 Å². The molecule has 0 radical (unpaired) electrons. The summed E-state index contributed by atoms with van der Waals surface area (Å²) in [7, 11) is 0. The number of likely N-dealkylation sites (tertiary alicyclic amines) is 1. The van der Waals surface area contributed by atoms with E-state index >= 15 is 0 Å². The van der Waals surface area contributed by atoms with Crippen molar-refractivity contribution in [1.82, 2.24) is 4.90 Å². The van der Waals surface area contributed by atoms with Crippen LogP contribution in [0.15, 0.2) is 23.1 Å². The summed E-state index contributed by atoms with van der Waals surface area (Å²) >= 11 is 1.73. The van der Waals surface area contributed by atoms with Gasteiger partial charge in [-0.2, -0.15) is 5.26 Å². The topological polar surface area (TPSA) is 39.1 Å². The zero-order valence-electron chi connectivity index (χ0n) is 13.2. The Labute approximate surface area is 132 Å². The van der Waals surface area contributed by atoms with Crippen molar-refractivity contribution in [2.45, 2.75) is 38.1 Å². The highest BCUT2D eigenvalue weighted by atomic mass is 32.2.